The lowest BCUT2D eigenvalue weighted by Crippen LogP contribution is -2.54. The molecule has 258 valence electrons. The molecule has 6 rings (SSSR count). The van der Waals surface area contributed by atoms with Crippen molar-refractivity contribution < 1.29 is 28.9 Å². The van der Waals surface area contributed by atoms with Crippen molar-refractivity contribution in [3.05, 3.63) is 83.4 Å². The minimum absolute atomic E-state index is 0.0978. The zero-order valence-electron chi connectivity index (χ0n) is 29.0. The molecular weight excluding hydrogens is 605 g/mol. The molecule has 0 bridgehead atoms. The number of amides is 1. The number of aryl methyl sites for hydroxylation is 1. The first kappa shape index (κ1) is 34.4. The number of quaternary nitrogens is 1. The molecule has 3 aromatic carbocycles. The maximum absolute atomic E-state index is 16.3. The Labute approximate surface area is 285 Å². The summed E-state index contributed by atoms with van der Waals surface area (Å²) in [5, 5.41) is 21.4. The van der Waals surface area contributed by atoms with Crippen LogP contribution >= 0.6 is 0 Å². The molecule has 6 nitrogen and oxygen atoms in total. The summed E-state index contributed by atoms with van der Waals surface area (Å²) in [6.07, 6.45) is 5.77. The van der Waals surface area contributed by atoms with Crippen molar-refractivity contribution in [2.24, 2.45) is 23.2 Å². The predicted octanol–water partition coefficient (Wildman–Crippen LogP) is 8.16. The monoisotopic (exact) mass is 658 g/mol. The van der Waals surface area contributed by atoms with Gasteiger partial charge in [0.05, 0.1) is 40.3 Å². The summed E-state index contributed by atoms with van der Waals surface area (Å²) in [7, 11) is 3.24. The number of rotatable bonds is 12. The number of hydrogen-bond donors (Lipinski definition) is 2. The van der Waals surface area contributed by atoms with Gasteiger partial charge in [0.1, 0.15) is 17.6 Å². The van der Waals surface area contributed by atoms with Crippen LogP contribution in [-0.4, -0.2) is 55.7 Å². The van der Waals surface area contributed by atoms with Gasteiger partial charge in [-0.1, -0.05) is 43.3 Å². The van der Waals surface area contributed by atoms with Crippen molar-refractivity contribution in [3.63, 3.8) is 0 Å². The highest BCUT2D eigenvalue weighted by Gasteiger charge is 2.60. The summed E-state index contributed by atoms with van der Waals surface area (Å²) in [6, 6.07) is 21.7. The number of aromatic hydroxyl groups is 1. The molecule has 3 aliphatic carbocycles. The van der Waals surface area contributed by atoms with Crippen molar-refractivity contribution >= 4 is 11.6 Å². The van der Waals surface area contributed by atoms with E-state index in [1.807, 2.05) is 36.4 Å². The quantitative estimate of drug-likeness (QED) is 0.152. The summed E-state index contributed by atoms with van der Waals surface area (Å²) < 4.78 is 27.7. The van der Waals surface area contributed by atoms with Crippen molar-refractivity contribution in [1.82, 2.24) is 4.48 Å². The SMILES string of the molecule is COc1ccc([N+](CCCC[C@@H]2Cc3cc(O)ccc3C3C2C2CC[C@H](O)[C@@]2(C)C[C@@H]3F)(CCCc2ccccc2)C(C)=O)cc1OC. The number of benzene rings is 3. The van der Waals surface area contributed by atoms with E-state index in [1.165, 1.54) is 5.56 Å². The van der Waals surface area contributed by atoms with Crippen molar-refractivity contribution in [2.45, 2.75) is 89.8 Å². The van der Waals surface area contributed by atoms with Crippen LogP contribution < -0.4 is 14.0 Å². The number of hydrogen-bond acceptors (Lipinski definition) is 5. The number of unbranched alkanes of at least 4 members (excludes halogenated alkanes) is 1. The van der Waals surface area contributed by atoms with Crippen LogP contribution in [0.25, 0.3) is 0 Å². The molecule has 0 aromatic heterocycles. The summed E-state index contributed by atoms with van der Waals surface area (Å²) in [5.74, 6) is 2.03. The molecule has 0 saturated heterocycles. The minimum atomic E-state index is -1.02. The molecule has 2 N–H and O–H groups in total. The summed E-state index contributed by atoms with van der Waals surface area (Å²) in [6.45, 7) is 5.13. The number of carbonyl (C=O) groups excluding carboxylic acids is 1. The van der Waals surface area contributed by atoms with Crippen molar-refractivity contribution in [3.8, 4) is 17.2 Å². The van der Waals surface area contributed by atoms with Gasteiger partial charge in [0.2, 0.25) is 0 Å². The van der Waals surface area contributed by atoms with E-state index in [1.54, 1.807) is 27.2 Å². The molecule has 7 heteroatoms. The maximum Gasteiger partial charge on any atom is 0.315 e. The fourth-order valence-corrected chi connectivity index (χ4v) is 9.98. The number of carbonyl (C=O) groups is 1. The lowest BCUT2D eigenvalue weighted by molar-refractivity contribution is -0.128. The molecule has 3 aromatic rings. The van der Waals surface area contributed by atoms with Crippen LogP contribution in [0.5, 0.6) is 17.2 Å². The first-order valence-electron chi connectivity index (χ1n) is 17.9. The number of ether oxygens (including phenoxy) is 2. The first-order valence-corrected chi connectivity index (χ1v) is 17.9. The lowest BCUT2D eigenvalue weighted by atomic mass is 9.51. The van der Waals surface area contributed by atoms with E-state index in [9.17, 15) is 15.0 Å². The van der Waals surface area contributed by atoms with Gasteiger partial charge in [0.15, 0.2) is 11.5 Å². The van der Waals surface area contributed by atoms with Gasteiger partial charge < -0.3 is 19.7 Å². The van der Waals surface area contributed by atoms with Gasteiger partial charge in [-0.3, -0.25) is 0 Å². The van der Waals surface area contributed by atoms with Crippen molar-refractivity contribution in [2.75, 3.05) is 27.3 Å². The van der Waals surface area contributed by atoms with Crippen LogP contribution in [0.3, 0.4) is 0 Å². The number of phenols is 1. The number of alkyl halides is 1. The molecule has 4 unspecified atom stereocenters. The first-order chi connectivity index (χ1) is 23.1. The van der Waals surface area contributed by atoms with E-state index in [-0.39, 0.29) is 39.8 Å². The summed E-state index contributed by atoms with van der Waals surface area (Å²) >= 11 is 0. The Kier molecular flexibility index (Phi) is 10.2. The largest absolute Gasteiger partial charge is 0.508 e. The zero-order valence-corrected chi connectivity index (χ0v) is 29.0. The third-order valence-electron chi connectivity index (χ3n) is 12.5. The number of aliphatic hydroxyl groups is 1. The Hall–Kier alpha value is -3.42. The van der Waals surface area contributed by atoms with Crippen LogP contribution in [0.4, 0.5) is 10.1 Å². The smallest absolute Gasteiger partial charge is 0.315 e. The van der Waals surface area contributed by atoms with Crippen LogP contribution in [-0.2, 0) is 17.6 Å². The zero-order chi connectivity index (χ0) is 34.1. The van der Waals surface area contributed by atoms with E-state index in [2.05, 4.69) is 31.2 Å². The average Bonchev–Trinajstić information content (AvgIpc) is 3.38. The molecule has 2 saturated carbocycles. The number of phenolic OH excluding ortho intramolecular Hbond substituents is 1. The third-order valence-corrected chi connectivity index (χ3v) is 12.5. The number of methoxy groups -OCH3 is 2. The van der Waals surface area contributed by atoms with E-state index in [0.717, 1.165) is 68.2 Å². The van der Waals surface area contributed by atoms with Crippen LogP contribution in [0.15, 0.2) is 66.7 Å². The third kappa shape index (κ3) is 6.36. The van der Waals surface area contributed by atoms with Gasteiger partial charge in [0.25, 0.3) is 0 Å². The molecule has 0 radical (unpaired) electrons. The van der Waals surface area contributed by atoms with Crippen LogP contribution in [0.2, 0.25) is 0 Å². The number of fused-ring (bicyclic) bond motifs is 5. The van der Waals surface area contributed by atoms with Gasteiger partial charge in [-0.15, -0.1) is 0 Å². The fraction of sp³-hybridized carbons (Fsp3) is 0.537. The molecule has 2 fully saturated rings. The highest BCUT2D eigenvalue weighted by molar-refractivity contribution is 5.87. The Balaban J connectivity index is 1.24. The fourth-order valence-electron chi connectivity index (χ4n) is 9.98. The highest BCUT2D eigenvalue weighted by Crippen LogP contribution is 2.63. The second-order valence-electron chi connectivity index (χ2n) is 14.9. The molecule has 8 atom stereocenters. The summed E-state index contributed by atoms with van der Waals surface area (Å²) in [5.41, 5.74) is 3.86. The topological polar surface area (TPSA) is 76.0 Å². The Morgan fingerprint density at radius 3 is 2.44 bits per heavy atom. The van der Waals surface area contributed by atoms with Crippen LogP contribution in [0, 0.1) is 23.2 Å². The molecule has 0 aliphatic heterocycles. The molecule has 3 aliphatic rings. The van der Waals surface area contributed by atoms with E-state index >= 15 is 4.39 Å². The van der Waals surface area contributed by atoms with Gasteiger partial charge in [-0.05, 0) is 109 Å². The van der Waals surface area contributed by atoms with Gasteiger partial charge in [-0.2, -0.15) is 0 Å². The Morgan fingerprint density at radius 1 is 0.958 bits per heavy atom. The van der Waals surface area contributed by atoms with E-state index in [4.69, 9.17) is 9.47 Å². The van der Waals surface area contributed by atoms with E-state index in [0.29, 0.717) is 31.0 Å². The summed E-state index contributed by atoms with van der Waals surface area (Å²) in [4.78, 5) is 13.8. The molecule has 0 spiro atoms. The Morgan fingerprint density at radius 2 is 1.71 bits per heavy atom. The van der Waals surface area contributed by atoms with E-state index < -0.39 is 17.7 Å². The van der Waals surface area contributed by atoms with Gasteiger partial charge >= 0.3 is 5.91 Å². The number of aliphatic hydroxyl groups excluding tert-OH is 1. The molecular formula is C41H53FNO5+. The maximum atomic E-state index is 16.3. The van der Waals surface area contributed by atoms with Crippen molar-refractivity contribution in [1.29, 1.82) is 0 Å². The molecule has 48 heavy (non-hydrogen) atoms. The number of nitrogens with zero attached hydrogens (tertiary/aromatic N) is 1. The minimum Gasteiger partial charge on any atom is -0.508 e. The second-order valence-corrected chi connectivity index (χ2v) is 14.9. The normalized spacial score (nSPS) is 28.9. The lowest BCUT2D eigenvalue weighted by Gasteiger charge is -2.54. The standard InChI is InChI=1S/C41H52FNO5/c1-27(44)43(22-10-13-28-11-6-5-7-12-28,31-15-19-36(47-3)37(25-31)48-4)21-9-8-14-29-23-30-24-32(45)16-17-33(30)40-35(42)26-41(2)34(39(29)40)18-20-38(41)46/h5-7,11-12,15-17,19,24-25,29,34-35,38-40,46H,8-10,13-14,18,20-23,26H2,1-4H3/p+1/t29-,34?,35+,38+,39?,40?,41+,43?/m1/s1. The predicted molar refractivity (Wildman–Crippen MR) is 188 cm³/mol. The molecule has 1 amide bonds. The Bertz CT molecular complexity index is 1580. The highest BCUT2D eigenvalue weighted by atomic mass is 19.1. The molecule has 0 heterocycles. The van der Waals surface area contributed by atoms with Gasteiger partial charge in [-0.25, -0.2) is 13.7 Å². The van der Waals surface area contributed by atoms with Crippen LogP contribution in [0.1, 0.15) is 81.4 Å². The average molecular weight is 659 g/mol. The number of halogens is 1. The van der Waals surface area contributed by atoms with Gasteiger partial charge in [0, 0.05) is 24.5 Å². The second kappa shape index (κ2) is 14.2.